The molecule has 1 rings (SSSR count). The van der Waals surface area contributed by atoms with Gasteiger partial charge in [-0.3, -0.25) is 4.79 Å². The molecule has 0 aliphatic rings. The monoisotopic (exact) mass is 224 g/mol. The number of nitrogens with one attached hydrogen (secondary N) is 1. The highest BCUT2D eigenvalue weighted by Crippen LogP contribution is 2.19. The molecule has 0 bridgehead atoms. The zero-order chi connectivity index (χ0) is 12.2. The van der Waals surface area contributed by atoms with Crippen molar-refractivity contribution in [3.05, 3.63) is 24.2 Å². The summed E-state index contributed by atoms with van der Waals surface area (Å²) in [7, 11) is 0. The van der Waals surface area contributed by atoms with Crippen molar-refractivity contribution in [1.82, 2.24) is 5.32 Å². The number of hydrogen-bond acceptors (Lipinski definition) is 3. The quantitative estimate of drug-likeness (QED) is 0.817. The maximum Gasteiger partial charge on any atom is 0.221 e. The molecule has 16 heavy (non-hydrogen) atoms. The number of furan rings is 1. The van der Waals surface area contributed by atoms with Crippen molar-refractivity contribution < 1.29 is 9.21 Å². The van der Waals surface area contributed by atoms with Crippen LogP contribution in [-0.4, -0.2) is 11.9 Å². The first-order valence-electron chi connectivity index (χ1n) is 5.43. The summed E-state index contributed by atoms with van der Waals surface area (Å²) in [6.45, 7) is 6.58. The smallest absolute Gasteiger partial charge is 0.221 e. The molecule has 1 heterocycles. The summed E-state index contributed by atoms with van der Waals surface area (Å²) in [4.78, 5) is 11.6. The van der Waals surface area contributed by atoms with Gasteiger partial charge < -0.3 is 15.5 Å². The zero-order valence-electron chi connectivity index (χ0n) is 10.1. The summed E-state index contributed by atoms with van der Waals surface area (Å²) >= 11 is 0. The largest absolute Gasteiger partial charge is 0.472 e. The summed E-state index contributed by atoms with van der Waals surface area (Å²) in [5.74, 6) is -0.0244. The first kappa shape index (κ1) is 12.8. The minimum atomic E-state index is -0.128. The van der Waals surface area contributed by atoms with Crippen molar-refractivity contribution in [3.63, 3.8) is 0 Å². The van der Waals surface area contributed by atoms with Crippen LogP contribution in [0.5, 0.6) is 0 Å². The highest BCUT2D eigenvalue weighted by Gasteiger charge is 2.22. The van der Waals surface area contributed by atoms with Gasteiger partial charge >= 0.3 is 0 Å². The minimum absolute atomic E-state index is 0.0244. The Bertz CT molecular complexity index is 325. The third kappa shape index (κ3) is 4.06. The van der Waals surface area contributed by atoms with Crippen LogP contribution in [0.3, 0.4) is 0 Å². The van der Waals surface area contributed by atoms with Crippen LogP contribution in [0.2, 0.25) is 0 Å². The summed E-state index contributed by atoms with van der Waals surface area (Å²) in [6.07, 6.45) is 3.55. The first-order valence-corrected chi connectivity index (χ1v) is 5.43. The molecule has 0 spiro atoms. The van der Waals surface area contributed by atoms with Crippen LogP contribution in [0.25, 0.3) is 0 Å². The SMILES string of the molecule is CC(C)(C)C(N)CC(=O)NCc1ccoc1. The van der Waals surface area contributed by atoms with Crippen LogP contribution < -0.4 is 11.1 Å². The molecule has 3 N–H and O–H groups in total. The summed E-state index contributed by atoms with van der Waals surface area (Å²) in [5.41, 5.74) is 6.83. The number of carbonyl (C=O) groups is 1. The fourth-order valence-corrected chi connectivity index (χ4v) is 1.17. The summed E-state index contributed by atoms with van der Waals surface area (Å²) < 4.78 is 4.91. The van der Waals surface area contributed by atoms with E-state index in [4.69, 9.17) is 10.2 Å². The molecule has 4 heteroatoms. The average molecular weight is 224 g/mol. The van der Waals surface area contributed by atoms with Gasteiger partial charge in [0.25, 0.3) is 0 Å². The summed E-state index contributed by atoms with van der Waals surface area (Å²) in [5, 5.41) is 2.81. The lowest BCUT2D eigenvalue weighted by Gasteiger charge is -2.26. The molecule has 1 atom stereocenters. The lowest BCUT2D eigenvalue weighted by atomic mass is 9.85. The van der Waals surface area contributed by atoms with E-state index in [1.54, 1.807) is 12.5 Å². The fraction of sp³-hybridized carbons (Fsp3) is 0.583. The molecule has 0 radical (unpaired) electrons. The van der Waals surface area contributed by atoms with E-state index in [1.807, 2.05) is 26.8 Å². The van der Waals surface area contributed by atoms with Gasteiger partial charge in [-0.15, -0.1) is 0 Å². The number of nitrogens with two attached hydrogens (primary N) is 1. The highest BCUT2D eigenvalue weighted by molar-refractivity contribution is 5.76. The Labute approximate surface area is 96.2 Å². The molecule has 0 fully saturated rings. The van der Waals surface area contributed by atoms with Crippen LogP contribution in [0, 0.1) is 5.41 Å². The third-order valence-electron chi connectivity index (χ3n) is 2.59. The van der Waals surface area contributed by atoms with Gasteiger partial charge in [0.05, 0.1) is 12.5 Å². The van der Waals surface area contributed by atoms with Crippen molar-refractivity contribution in [2.24, 2.45) is 11.1 Å². The van der Waals surface area contributed by atoms with E-state index in [0.29, 0.717) is 13.0 Å². The van der Waals surface area contributed by atoms with E-state index in [9.17, 15) is 4.79 Å². The molecule has 0 saturated heterocycles. The average Bonchev–Trinajstić information content (AvgIpc) is 2.65. The Kier molecular flexibility index (Phi) is 4.12. The van der Waals surface area contributed by atoms with Gasteiger partial charge in [0.1, 0.15) is 0 Å². The molecule has 1 amide bonds. The van der Waals surface area contributed by atoms with E-state index >= 15 is 0 Å². The maximum absolute atomic E-state index is 11.6. The second-order valence-electron chi connectivity index (χ2n) is 5.08. The molecule has 1 aromatic heterocycles. The van der Waals surface area contributed by atoms with Crippen molar-refractivity contribution in [3.8, 4) is 0 Å². The topological polar surface area (TPSA) is 68.3 Å². The van der Waals surface area contributed by atoms with Crippen LogP contribution in [0.15, 0.2) is 23.0 Å². The van der Waals surface area contributed by atoms with E-state index in [-0.39, 0.29) is 17.4 Å². The molecule has 1 unspecified atom stereocenters. The van der Waals surface area contributed by atoms with Gasteiger partial charge in [-0.05, 0) is 11.5 Å². The number of amides is 1. The fourth-order valence-electron chi connectivity index (χ4n) is 1.17. The van der Waals surface area contributed by atoms with E-state index < -0.39 is 0 Å². The van der Waals surface area contributed by atoms with Crippen LogP contribution in [-0.2, 0) is 11.3 Å². The van der Waals surface area contributed by atoms with Crippen molar-refractivity contribution in [2.45, 2.75) is 39.8 Å². The van der Waals surface area contributed by atoms with Gasteiger partial charge in [0.2, 0.25) is 5.91 Å². The van der Waals surface area contributed by atoms with Gasteiger partial charge in [0.15, 0.2) is 0 Å². The molecule has 1 aromatic rings. The van der Waals surface area contributed by atoms with Crippen molar-refractivity contribution in [1.29, 1.82) is 0 Å². The Morgan fingerprint density at radius 2 is 2.25 bits per heavy atom. The Morgan fingerprint density at radius 3 is 2.75 bits per heavy atom. The van der Waals surface area contributed by atoms with Crippen LogP contribution in [0.1, 0.15) is 32.8 Å². The minimum Gasteiger partial charge on any atom is -0.472 e. The van der Waals surface area contributed by atoms with Gasteiger partial charge in [-0.2, -0.15) is 0 Å². The standard InChI is InChI=1S/C12H20N2O2/c1-12(2,3)10(13)6-11(15)14-7-9-4-5-16-8-9/h4-5,8,10H,6-7,13H2,1-3H3,(H,14,15). The van der Waals surface area contributed by atoms with Crippen molar-refractivity contribution in [2.75, 3.05) is 0 Å². The maximum atomic E-state index is 11.6. The Balaban J connectivity index is 2.31. The number of carbonyl (C=O) groups excluding carboxylic acids is 1. The number of hydrogen-bond donors (Lipinski definition) is 2. The number of rotatable bonds is 4. The van der Waals surface area contributed by atoms with E-state index in [0.717, 1.165) is 5.56 Å². The lowest BCUT2D eigenvalue weighted by Crippen LogP contribution is -2.39. The second kappa shape index (κ2) is 5.16. The second-order valence-corrected chi connectivity index (χ2v) is 5.08. The normalized spacial score (nSPS) is 13.5. The molecule has 0 saturated carbocycles. The highest BCUT2D eigenvalue weighted by atomic mass is 16.3. The molecular weight excluding hydrogens is 204 g/mol. The van der Waals surface area contributed by atoms with Gasteiger partial charge in [-0.25, -0.2) is 0 Å². The van der Waals surface area contributed by atoms with E-state index in [2.05, 4.69) is 5.32 Å². The predicted molar refractivity (Wildman–Crippen MR) is 62.6 cm³/mol. The van der Waals surface area contributed by atoms with E-state index in [1.165, 1.54) is 0 Å². The Morgan fingerprint density at radius 1 is 1.56 bits per heavy atom. The molecule has 90 valence electrons. The Hall–Kier alpha value is -1.29. The van der Waals surface area contributed by atoms with Crippen molar-refractivity contribution >= 4 is 5.91 Å². The van der Waals surface area contributed by atoms with Gasteiger partial charge in [-0.1, -0.05) is 20.8 Å². The molecule has 0 aliphatic heterocycles. The third-order valence-corrected chi connectivity index (χ3v) is 2.59. The van der Waals surface area contributed by atoms with Crippen LogP contribution in [0.4, 0.5) is 0 Å². The summed E-state index contributed by atoms with van der Waals surface area (Å²) in [6, 6.07) is 1.70. The predicted octanol–water partition coefficient (Wildman–Crippen LogP) is 1.66. The molecule has 0 aliphatic carbocycles. The lowest BCUT2D eigenvalue weighted by molar-refractivity contribution is -0.122. The first-order chi connectivity index (χ1) is 7.39. The molecule has 0 aromatic carbocycles. The molecule has 4 nitrogen and oxygen atoms in total. The van der Waals surface area contributed by atoms with Gasteiger partial charge in [0, 0.05) is 24.6 Å². The zero-order valence-corrected chi connectivity index (χ0v) is 10.1. The molecular formula is C12H20N2O2. The van der Waals surface area contributed by atoms with Crippen LogP contribution >= 0.6 is 0 Å².